The number of carbonyl (C=O) groups is 1. The zero-order valence-corrected chi connectivity index (χ0v) is 10.8. The predicted octanol–water partition coefficient (Wildman–Crippen LogP) is 3.62. The van der Waals surface area contributed by atoms with Gasteiger partial charge in [-0.2, -0.15) is 0 Å². The number of carbonyl (C=O) groups excluding carboxylic acids is 1. The van der Waals surface area contributed by atoms with Gasteiger partial charge < -0.3 is 4.90 Å². The predicted molar refractivity (Wildman–Crippen MR) is 68.0 cm³/mol. The van der Waals surface area contributed by atoms with Crippen LogP contribution < -0.4 is 0 Å². The van der Waals surface area contributed by atoms with Crippen molar-refractivity contribution in [2.24, 2.45) is 0 Å². The molecular weight excluding hydrogens is 245 g/mol. The molecule has 0 unspecified atom stereocenters. The zero-order chi connectivity index (χ0) is 12.0. The van der Waals surface area contributed by atoms with E-state index in [2.05, 4.69) is 0 Å². The van der Waals surface area contributed by atoms with Crippen molar-refractivity contribution in [2.75, 3.05) is 13.1 Å². The van der Waals surface area contributed by atoms with Gasteiger partial charge in [0, 0.05) is 19.5 Å². The number of hydrogen-bond acceptors (Lipinski definition) is 1. The highest BCUT2D eigenvalue weighted by atomic mass is 35.5. The molecule has 1 heterocycles. The van der Waals surface area contributed by atoms with Crippen molar-refractivity contribution in [3.05, 3.63) is 34.3 Å². The Hall–Kier alpha value is -0.730. The molecule has 2 rings (SSSR count). The highest BCUT2D eigenvalue weighted by molar-refractivity contribution is 6.41. The third kappa shape index (κ3) is 4.03. The Bertz CT molecular complexity index is 334. The smallest absolute Gasteiger partial charge is 0.222 e. The molecule has 0 N–H and O–H groups in total. The quantitative estimate of drug-likeness (QED) is 0.755. The molecule has 0 bridgehead atoms. The number of nitrogens with zero attached hydrogens (tertiary/aromatic N) is 1. The van der Waals surface area contributed by atoms with Crippen molar-refractivity contribution in [1.82, 2.24) is 4.90 Å². The van der Waals surface area contributed by atoms with Crippen LogP contribution in [-0.4, -0.2) is 23.9 Å². The summed E-state index contributed by atoms with van der Waals surface area (Å²) in [4.78, 5) is 12.6. The van der Waals surface area contributed by atoms with E-state index in [9.17, 15) is 4.79 Å². The highest BCUT2D eigenvalue weighted by Gasteiger charge is 2.16. The van der Waals surface area contributed by atoms with Gasteiger partial charge in [-0.1, -0.05) is 35.3 Å². The lowest BCUT2D eigenvalue weighted by Crippen LogP contribution is -2.23. The van der Waals surface area contributed by atoms with E-state index < -0.39 is 0 Å². The Labute approximate surface area is 106 Å². The summed E-state index contributed by atoms with van der Waals surface area (Å²) in [5.74, 6) is 0.326. The SMILES string of the molecule is CCN1CCCC1=O.Clc1ccccc1Cl. The van der Waals surface area contributed by atoms with E-state index in [1.165, 1.54) is 0 Å². The molecule has 1 aromatic rings. The Morgan fingerprint density at radius 3 is 2.06 bits per heavy atom. The van der Waals surface area contributed by atoms with Crippen LogP contribution in [-0.2, 0) is 4.79 Å². The van der Waals surface area contributed by atoms with E-state index in [1.54, 1.807) is 12.1 Å². The van der Waals surface area contributed by atoms with Crippen LogP contribution in [0.5, 0.6) is 0 Å². The van der Waals surface area contributed by atoms with E-state index in [4.69, 9.17) is 23.2 Å². The van der Waals surface area contributed by atoms with Crippen molar-refractivity contribution < 1.29 is 4.79 Å². The molecule has 0 radical (unpaired) electrons. The minimum atomic E-state index is 0.326. The standard InChI is InChI=1S/C6H4Cl2.C6H11NO/c7-5-3-1-2-4-6(5)8;1-2-7-5-3-4-6(7)8/h1-4H;2-5H2,1H3. The molecule has 2 nitrogen and oxygen atoms in total. The fourth-order valence-electron chi connectivity index (χ4n) is 1.48. The number of hydrogen-bond donors (Lipinski definition) is 0. The second-order valence-electron chi connectivity index (χ2n) is 3.49. The maximum Gasteiger partial charge on any atom is 0.222 e. The number of rotatable bonds is 1. The number of halogens is 2. The monoisotopic (exact) mass is 259 g/mol. The topological polar surface area (TPSA) is 20.3 Å². The summed E-state index contributed by atoms with van der Waals surface area (Å²) in [6, 6.07) is 7.19. The van der Waals surface area contributed by atoms with Crippen LogP contribution in [0, 0.1) is 0 Å². The third-order valence-electron chi connectivity index (χ3n) is 2.38. The van der Waals surface area contributed by atoms with E-state index in [1.807, 2.05) is 24.0 Å². The Balaban J connectivity index is 0.000000160. The largest absolute Gasteiger partial charge is 0.343 e. The summed E-state index contributed by atoms with van der Waals surface area (Å²) < 4.78 is 0. The minimum Gasteiger partial charge on any atom is -0.343 e. The summed E-state index contributed by atoms with van der Waals surface area (Å²) in [6.07, 6.45) is 1.83. The molecule has 1 fully saturated rings. The van der Waals surface area contributed by atoms with Crippen LogP contribution in [0.25, 0.3) is 0 Å². The van der Waals surface area contributed by atoms with Gasteiger partial charge in [0.2, 0.25) is 5.91 Å². The molecule has 0 aliphatic carbocycles. The molecule has 16 heavy (non-hydrogen) atoms. The van der Waals surface area contributed by atoms with Gasteiger partial charge in [0.1, 0.15) is 0 Å². The number of benzene rings is 1. The maximum absolute atomic E-state index is 10.7. The first-order valence-electron chi connectivity index (χ1n) is 5.33. The molecule has 0 aromatic heterocycles. The van der Waals surface area contributed by atoms with Crippen molar-refractivity contribution in [3.63, 3.8) is 0 Å². The van der Waals surface area contributed by atoms with Crippen LogP contribution in [0.2, 0.25) is 10.0 Å². The average molecular weight is 260 g/mol. The molecule has 0 spiro atoms. The molecule has 0 saturated carbocycles. The van der Waals surface area contributed by atoms with Gasteiger partial charge in [-0.25, -0.2) is 0 Å². The Kier molecular flexibility index (Phi) is 5.64. The van der Waals surface area contributed by atoms with Gasteiger partial charge in [0.05, 0.1) is 10.0 Å². The lowest BCUT2D eigenvalue weighted by atomic mass is 10.4. The van der Waals surface area contributed by atoms with E-state index in [0.717, 1.165) is 25.9 Å². The Morgan fingerprint density at radius 2 is 1.81 bits per heavy atom. The highest BCUT2D eigenvalue weighted by Crippen LogP contribution is 2.19. The lowest BCUT2D eigenvalue weighted by molar-refractivity contribution is -0.127. The van der Waals surface area contributed by atoms with Crippen LogP contribution in [0.3, 0.4) is 0 Å². The third-order valence-corrected chi connectivity index (χ3v) is 3.13. The van der Waals surface area contributed by atoms with E-state index >= 15 is 0 Å². The molecule has 1 aliphatic rings. The van der Waals surface area contributed by atoms with Gasteiger partial charge in [-0.3, -0.25) is 4.79 Å². The first-order chi connectivity index (χ1) is 7.65. The van der Waals surface area contributed by atoms with E-state index in [-0.39, 0.29) is 0 Å². The fraction of sp³-hybridized carbons (Fsp3) is 0.417. The average Bonchev–Trinajstić information content (AvgIpc) is 2.69. The summed E-state index contributed by atoms with van der Waals surface area (Å²) in [5, 5.41) is 1.21. The number of amides is 1. The molecule has 88 valence electrons. The molecule has 0 atom stereocenters. The summed E-state index contributed by atoms with van der Waals surface area (Å²) in [7, 11) is 0. The van der Waals surface area contributed by atoms with Gasteiger partial charge in [-0.15, -0.1) is 0 Å². The lowest BCUT2D eigenvalue weighted by Gasteiger charge is -2.10. The second kappa shape index (κ2) is 6.77. The number of likely N-dealkylation sites (tertiary alicyclic amines) is 1. The zero-order valence-electron chi connectivity index (χ0n) is 9.25. The molecule has 1 aliphatic heterocycles. The summed E-state index contributed by atoms with van der Waals surface area (Å²) in [6.45, 7) is 3.89. The second-order valence-corrected chi connectivity index (χ2v) is 4.31. The van der Waals surface area contributed by atoms with Crippen molar-refractivity contribution in [3.8, 4) is 0 Å². The Morgan fingerprint density at radius 1 is 1.25 bits per heavy atom. The molecular formula is C12H15Cl2NO. The van der Waals surface area contributed by atoms with Crippen molar-refractivity contribution >= 4 is 29.1 Å². The molecule has 1 amide bonds. The van der Waals surface area contributed by atoms with E-state index in [0.29, 0.717) is 16.0 Å². The van der Waals surface area contributed by atoms with Gasteiger partial charge in [-0.05, 0) is 25.5 Å². The van der Waals surface area contributed by atoms with Gasteiger partial charge in [0.25, 0.3) is 0 Å². The summed E-state index contributed by atoms with van der Waals surface area (Å²) in [5.41, 5.74) is 0. The maximum atomic E-state index is 10.7. The van der Waals surface area contributed by atoms with Gasteiger partial charge >= 0.3 is 0 Å². The first-order valence-corrected chi connectivity index (χ1v) is 6.08. The van der Waals surface area contributed by atoms with Crippen LogP contribution in [0.1, 0.15) is 19.8 Å². The molecule has 1 aromatic carbocycles. The van der Waals surface area contributed by atoms with Crippen LogP contribution >= 0.6 is 23.2 Å². The van der Waals surface area contributed by atoms with Crippen molar-refractivity contribution in [2.45, 2.75) is 19.8 Å². The fourth-order valence-corrected chi connectivity index (χ4v) is 1.75. The normalized spacial score (nSPS) is 14.7. The summed E-state index contributed by atoms with van der Waals surface area (Å²) >= 11 is 11.2. The van der Waals surface area contributed by atoms with Crippen LogP contribution in [0.4, 0.5) is 0 Å². The van der Waals surface area contributed by atoms with Crippen LogP contribution in [0.15, 0.2) is 24.3 Å². The minimum absolute atomic E-state index is 0.326. The molecule has 1 saturated heterocycles. The first kappa shape index (κ1) is 13.3. The van der Waals surface area contributed by atoms with Crippen molar-refractivity contribution in [1.29, 1.82) is 0 Å². The molecule has 4 heteroatoms. The van der Waals surface area contributed by atoms with Gasteiger partial charge in [0.15, 0.2) is 0 Å².